The minimum absolute atomic E-state index is 0.128. The number of Topliss-reactive ketones (excluding diaryl/α,β-unsaturated/α-hetero) is 1. The van der Waals surface area contributed by atoms with Crippen LogP contribution < -0.4 is 0 Å². The molecule has 1 heterocycles. The molecule has 4 heteroatoms. The van der Waals surface area contributed by atoms with Gasteiger partial charge in [-0.25, -0.2) is 0 Å². The number of fused-ring (bicyclic) bond motifs is 1. The zero-order chi connectivity index (χ0) is 8.72. The molecule has 60 valence electrons. The summed E-state index contributed by atoms with van der Waals surface area (Å²) in [5.41, 5.74) is 1.14. The first-order valence-corrected chi connectivity index (χ1v) is 4.43. The van der Waals surface area contributed by atoms with Gasteiger partial charge in [-0.2, -0.15) is 0 Å². The fourth-order valence-corrected chi connectivity index (χ4v) is 1.66. The van der Waals surface area contributed by atoms with Crippen molar-refractivity contribution in [2.75, 3.05) is 0 Å². The van der Waals surface area contributed by atoms with Gasteiger partial charge in [0.25, 0.3) is 0 Å². The summed E-state index contributed by atoms with van der Waals surface area (Å²) in [6.45, 7) is 0. The highest BCUT2D eigenvalue weighted by Gasteiger charge is 2.20. The van der Waals surface area contributed by atoms with Crippen LogP contribution in [0.15, 0.2) is 21.6 Å². The number of carbonyl (C=O) groups is 1. The Morgan fingerprint density at radius 2 is 2.17 bits per heavy atom. The fourth-order valence-electron chi connectivity index (χ4n) is 1.08. The zero-order valence-corrected chi connectivity index (χ0v) is 8.19. The fraction of sp³-hybridized carbons (Fsp3) is 0. The molecule has 0 fully saturated rings. The molecular weight excluding hydrogens is 241 g/mol. The van der Waals surface area contributed by atoms with Gasteiger partial charge in [-0.1, -0.05) is 11.6 Å². The lowest BCUT2D eigenvalue weighted by Crippen LogP contribution is -1.95. The number of hydrogen-bond acceptors (Lipinski definition) is 2. The summed E-state index contributed by atoms with van der Waals surface area (Å²) >= 11 is 9.12. The molecule has 0 saturated heterocycles. The van der Waals surface area contributed by atoms with Crippen LogP contribution in [0.3, 0.4) is 0 Å². The molecule has 0 radical (unpaired) electrons. The average Bonchev–Trinajstić information content (AvgIpc) is 2.41. The minimum atomic E-state index is -0.128. The number of carbonyl (C=O) groups excluding carboxylic acids is 1. The van der Waals surface area contributed by atoms with Crippen molar-refractivity contribution in [1.82, 2.24) is 0 Å². The van der Waals surface area contributed by atoms with E-state index in [-0.39, 0.29) is 5.78 Å². The highest BCUT2D eigenvalue weighted by Crippen LogP contribution is 2.35. The molecule has 2 rings (SSSR count). The van der Waals surface area contributed by atoms with E-state index in [4.69, 9.17) is 11.6 Å². The Bertz CT molecular complexity index is 400. The van der Waals surface area contributed by atoms with Gasteiger partial charge in [-0.3, -0.25) is 9.79 Å². The molecular formula is C8H3BrClNO. The van der Waals surface area contributed by atoms with Crippen LogP contribution in [0.4, 0.5) is 5.69 Å². The first kappa shape index (κ1) is 7.95. The van der Waals surface area contributed by atoms with Crippen LogP contribution in [0.5, 0.6) is 0 Å². The normalized spacial score (nSPS) is 13.7. The van der Waals surface area contributed by atoms with Crippen LogP contribution in [-0.4, -0.2) is 12.0 Å². The average molecular weight is 244 g/mol. The molecule has 0 spiro atoms. The Kier molecular flexibility index (Phi) is 1.77. The van der Waals surface area contributed by atoms with Crippen molar-refractivity contribution < 1.29 is 4.79 Å². The molecule has 1 aromatic carbocycles. The van der Waals surface area contributed by atoms with Crippen molar-refractivity contribution in [2.24, 2.45) is 4.99 Å². The maximum absolute atomic E-state index is 11.2. The third-order valence-corrected chi connectivity index (χ3v) is 2.92. The summed E-state index contributed by atoms with van der Waals surface area (Å²) in [7, 11) is 0. The Balaban J connectivity index is 2.76. The van der Waals surface area contributed by atoms with Crippen molar-refractivity contribution in [2.45, 2.75) is 0 Å². The summed E-state index contributed by atoms with van der Waals surface area (Å²) in [6, 6.07) is 3.53. The van der Waals surface area contributed by atoms with E-state index in [2.05, 4.69) is 20.9 Å². The Morgan fingerprint density at radius 1 is 1.42 bits per heavy atom. The summed E-state index contributed by atoms with van der Waals surface area (Å²) in [5, 5.41) is 0.440. The molecule has 1 aliphatic rings. The third kappa shape index (κ3) is 1.01. The lowest BCUT2D eigenvalue weighted by Gasteiger charge is -2.00. The van der Waals surface area contributed by atoms with Gasteiger partial charge in [0, 0.05) is 4.47 Å². The first-order valence-electron chi connectivity index (χ1n) is 3.26. The lowest BCUT2D eigenvalue weighted by molar-refractivity contribution is 0.107. The SMILES string of the molecule is O=C1C=Nc2ccc(Br)c(Cl)c21. The number of hydrogen-bond donors (Lipinski definition) is 0. The maximum Gasteiger partial charge on any atom is 0.207 e. The monoisotopic (exact) mass is 243 g/mol. The van der Waals surface area contributed by atoms with Gasteiger partial charge in [0.1, 0.15) is 0 Å². The highest BCUT2D eigenvalue weighted by atomic mass is 79.9. The number of nitrogens with zero attached hydrogens (tertiary/aromatic N) is 1. The molecule has 0 aliphatic carbocycles. The second-order valence-corrected chi connectivity index (χ2v) is 3.61. The number of ketones is 1. The van der Waals surface area contributed by atoms with Gasteiger partial charge in [0.2, 0.25) is 5.78 Å². The summed E-state index contributed by atoms with van der Waals surface area (Å²) < 4.78 is 0.724. The van der Waals surface area contributed by atoms with E-state index in [0.29, 0.717) is 16.3 Å². The van der Waals surface area contributed by atoms with Gasteiger partial charge in [-0.05, 0) is 28.1 Å². The van der Waals surface area contributed by atoms with Crippen LogP contribution in [0.25, 0.3) is 0 Å². The predicted octanol–water partition coefficient (Wildman–Crippen LogP) is 3.00. The maximum atomic E-state index is 11.2. The van der Waals surface area contributed by atoms with Crippen molar-refractivity contribution in [3.8, 4) is 0 Å². The predicted molar refractivity (Wildman–Crippen MR) is 51.6 cm³/mol. The van der Waals surface area contributed by atoms with Crippen molar-refractivity contribution in [1.29, 1.82) is 0 Å². The number of halogens is 2. The Morgan fingerprint density at radius 3 is 2.92 bits per heavy atom. The molecule has 0 N–H and O–H groups in total. The van der Waals surface area contributed by atoms with Crippen LogP contribution in [0, 0.1) is 0 Å². The van der Waals surface area contributed by atoms with Gasteiger partial charge in [0.15, 0.2) is 0 Å². The standard InChI is InChI=1S/C8H3BrClNO/c9-4-1-2-5-7(8(4)10)6(12)3-11-5/h1-3H. The summed E-state index contributed by atoms with van der Waals surface area (Å²) in [4.78, 5) is 15.1. The molecule has 2 nitrogen and oxygen atoms in total. The highest BCUT2D eigenvalue weighted by molar-refractivity contribution is 9.10. The van der Waals surface area contributed by atoms with Crippen molar-refractivity contribution in [3.05, 3.63) is 27.2 Å². The van der Waals surface area contributed by atoms with E-state index in [1.807, 2.05) is 0 Å². The topological polar surface area (TPSA) is 29.4 Å². The molecule has 1 aromatic rings. The second kappa shape index (κ2) is 2.68. The van der Waals surface area contributed by atoms with Gasteiger partial charge >= 0.3 is 0 Å². The first-order chi connectivity index (χ1) is 5.70. The van der Waals surface area contributed by atoms with E-state index < -0.39 is 0 Å². The number of benzene rings is 1. The van der Waals surface area contributed by atoms with Crippen molar-refractivity contribution >= 4 is 45.2 Å². The van der Waals surface area contributed by atoms with Gasteiger partial charge in [0.05, 0.1) is 22.5 Å². The Hall–Kier alpha value is -0.670. The van der Waals surface area contributed by atoms with E-state index in [1.165, 1.54) is 6.21 Å². The van der Waals surface area contributed by atoms with Gasteiger partial charge in [-0.15, -0.1) is 0 Å². The molecule has 1 aliphatic heterocycles. The molecule has 0 aromatic heterocycles. The van der Waals surface area contributed by atoms with E-state index in [9.17, 15) is 4.79 Å². The van der Waals surface area contributed by atoms with E-state index in [0.717, 1.165) is 4.47 Å². The number of rotatable bonds is 0. The smallest absolute Gasteiger partial charge is 0.207 e. The quantitative estimate of drug-likeness (QED) is 0.690. The largest absolute Gasteiger partial charge is 0.287 e. The molecule has 0 unspecified atom stereocenters. The second-order valence-electron chi connectivity index (χ2n) is 2.38. The molecule has 0 bridgehead atoms. The van der Waals surface area contributed by atoms with E-state index >= 15 is 0 Å². The zero-order valence-electron chi connectivity index (χ0n) is 5.84. The van der Waals surface area contributed by atoms with Crippen LogP contribution >= 0.6 is 27.5 Å². The van der Waals surface area contributed by atoms with Crippen molar-refractivity contribution in [3.63, 3.8) is 0 Å². The molecule has 0 saturated carbocycles. The summed E-state index contributed by atoms with van der Waals surface area (Å²) in [5.74, 6) is -0.128. The van der Waals surface area contributed by atoms with Gasteiger partial charge < -0.3 is 0 Å². The molecule has 0 amide bonds. The third-order valence-electron chi connectivity index (χ3n) is 1.64. The van der Waals surface area contributed by atoms with Crippen LogP contribution in [0.2, 0.25) is 5.02 Å². The number of aliphatic imine (C=N–C) groups is 1. The lowest BCUT2D eigenvalue weighted by atomic mass is 10.1. The minimum Gasteiger partial charge on any atom is -0.287 e. The summed E-state index contributed by atoms with van der Waals surface area (Å²) in [6.07, 6.45) is 1.28. The molecule has 12 heavy (non-hydrogen) atoms. The van der Waals surface area contributed by atoms with Crippen LogP contribution in [0.1, 0.15) is 10.4 Å². The molecule has 0 atom stereocenters. The van der Waals surface area contributed by atoms with Crippen LogP contribution in [-0.2, 0) is 0 Å². The van der Waals surface area contributed by atoms with E-state index in [1.54, 1.807) is 12.1 Å². The Labute approximate surface area is 82.4 Å².